The van der Waals surface area contributed by atoms with Crippen LogP contribution in [-0.2, 0) is 0 Å². The number of rotatable bonds is 2. The molecule has 2 heteroatoms. The van der Waals surface area contributed by atoms with E-state index >= 15 is 0 Å². The topological polar surface area (TPSA) is 15.6 Å². The molecule has 0 aromatic rings. The van der Waals surface area contributed by atoms with Gasteiger partial charge in [0.25, 0.3) is 0 Å². The van der Waals surface area contributed by atoms with Crippen LogP contribution in [0.3, 0.4) is 0 Å². The van der Waals surface area contributed by atoms with Crippen LogP contribution in [0.2, 0.25) is 0 Å². The fraction of sp³-hybridized carbons (Fsp3) is 0.750. The Kier molecular flexibility index (Phi) is 4.69. The van der Waals surface area contributed by atoms with Gasteiger partial charge in [0.1, 0.15) is 0 Å². The van der Waals surface area contributed by atoms with Gasteiger partial charge in [0.05, 0.1) is 6.54 Å². The van der Waals surface area contributed by atoms with Crippen molar-refractivity contribution < 1.29 is 0 Å². The van der Waals surface area contributed by atoms with Crippen LogP contribution >= 0.6 is 0 Å². The van der Waals surface area contributed by atoms with Gasteiger partial charge in [-0.05, 0) is 46.5 Å². The summed E-state index contributed by atoms with van der Waals surface area (Å²) in [6, 6.07) is 0.679. The van der Waals surface area contributed by atoms with E-state index < -0.39 is 0 Å². The van der Waals surface area contributed by atoms with E-state index in [-0.39, 0.29) is 0 Å². The molecule has 0 amide bonds. The number of hydrogen-bond acceptors (Lipinski definition) is 2. The van der Waals surface area contributed by atoms with Gasteiger partial charge in [-0.2, -0.15) is 0 Å². The quantitative estimate of drug-likeness (QED) is 0.481. The second-order valence-electron chi connectivity index (χ2n) is 4.11. The lowest BCUT2D eigenvalue weighted by atomic mass is 9.97. The van der Waals surface area contributed by atoms with E-state index in [1.165, 1.54) is 25.9 Å². The van der Waals surface area contributed by atoms with E-state index in [4.69, 9.17) is 0 Å². The normalized spacial score (nSPS) is 19.1. The van der Waals surface area contributed by atoms with Crippen molar-refractivity contribution in [2.75, 3.05) is 19.6 Å². The summed E-state index contributed by atoms with van der Waals surface area (Å²) in [5, 5.41) is 0. The fourth-order valence-electron chi connectivity index (χ4n) is 1.81. The van der Waals surface area contributed by atoms with E-state index in [2.05, 4.69) is 42.3 Å². The lowest BCUT2D eigenvalue weighted by molar-refractivity contribution is 0.167. The Labute approximate surface area is 87.4 Å². The van der Waals surface area contributed by atoms with E-state index in [9.17, 15) is 0 Å². The van der Waals surface area contributed by atoms with Gasteiger partial charge in [-0.15, -0.1) is 0 Å². The van der Waals surface area contributed by atoms with Crippen molar-refractivity contribution in [3.8, 4) is 11.8 Å². The highest BCUT2D eigenvalue weighted by atomic mass is 15.1. The van der Waals surface area contributed by atoms with Crippen LogP contribution in [0.25, 0.3) is 0 Å². The van der Waals surface area contributed by atoms with Gasteiger partial charge in [0.15, 0.2) is 0 Å². The maximum absolute atomic E-state index is 3.73. The molecule has 14 heavy (non-hydrogen) atoms. The standard InChI is InChI=1S/C12H20N2/c1-11(2)14-9-6-12(7-10-14)5-4-8-13-3/h11-12H,3,6-10H2,1-2H3. The van der Waals surface area contributed by atoms with Crippen molar-refractivity contribution in [1.29, 1.82) is 0 Å². The Morgan fingerprint density at radius 1 is 1.43 bits per heavy atom. The molecule has 1 fully saturated rings. The predicted molar refractivity (Wildman–Crippen MR) is 61.6 cm³/mol. The van der Waals surface area contributed by atoms with Gasteiger partial charge in [-0.3, -0.25) is 4.99 Å². The third-order valence-electron chi connectivity index (χ3n) is 2.76. The molecule has 0 aliphatic carbocycles. The smallest absolute Gasteiger partial charge is 0.0990 e. The second-order valence-corrected chi connectivity index (χ2v) is 4.11. The van der Waals surface area contributed by atoms with Crippen LogP contribution < -0.4 is 0 Å². The minimum Gasteiger partial charge on any atom is -0.301 e. The molecule has 1 rings (SSSR count). The van der Waals surface area contributed by atoms with Crippen molar-refractivity contribution in [2.45, 2.75) is 32.7 Å². The fourth-order valence-corrected chi connectivity index (χ4v) is 1.81. The zero-order valence-electron chi connectivity index (χ0n) is 9.29. The Morgan fingerprint density at radius 3 is 2.57 bits per heavy atom. The molecule has 0 atom stereocenters. The molecule has 0 unspecified atom stereocenters. The lowest BCUT2D eigenvalue weighted by Gasteiger charge is -2.32. The molecule has 0 saturated carbocycles. The van der Waals surface area contributed by atoms with E-state index in [0.717, 1.165) is 0 Å². The van der Waals surface area contributed by atoms with Crippen molar-refractivity contribution in [2.24, 2.45) is 10.9 Å². The highest BCUT2D eigenvalue weighted by Gasteiger charge is 2.18. The Bertz CT molecular complexity index is 226. The first-order valence-electron chi connectivity index (χ1n) is 5.39. The lowest BCUT2D eigenvalue weighted by Crippen LogP contribution is -2.38. The SMILES string of the molecule is C=NCC#CC1CCN(C(C)C)CC1. The molecule has 0 aromatic heterocycles. The summed E-state index contributed by atoms with van der Waals surface area (Å²) in [4.78, 5) is 6.25. The van der Waals surface area contributed by atoms with E-state index in [0.29, 0.717) is 18.5 Å². The van der Waals surface area contributed by atoms with Crippen LogP contribution in [0.4, 0.5) is 0 Å². The average molecular weight is 192 g/mol. The molecule has 0 bridgehead atoms. The molecule has 1 aliphatic rings. The van der Waals surface area contributed by atoms with Crippen molar-refractivity contribution in [1.82, 2.24) is 4.90 Å². The predicted octanol–water partition coefficient (Wildman–Crippen LogP) is 1.81. The maximum atomic E-state index is 3.73. The van der Waals surface area contributed by atoms with Crippen LogP contribution in [-0.4, -0.2) is 37.3 Å². The average Bonchev–Trinajstić information content (AvgIpc) is 2.19. The number of hydrogen-bond donors (Lipinski definition) is 0. The van der Waals surface area contributed by atoms with Crippen LogP contribution in [0, 0.1) is 17.8 Å². The molecule has 0 radical (unpaired) electrons. The number of nitrogens with zero attached hydrogens (tertiary/aromatic N) is 2. The summed E-state index contributed by atoms with van der Waals surface area (Å²) in [5.41, 5.74) is 0. The van der Waals surface area contributed by atoms with Gasteiger partial charge in [0.2, 0.25) is 0 Å². The first kappa shape index (κ1) is 11.3. The molecule has 1 heterocycles. The van der Waals surface area contributed by atoms with Gasteiger partial charge in [0, 0.05) is 12.0 Å². The molecule has 1 aliphatic heterocycles. The third-order valence-corrected chi connectivity index (χ3v) is 2.76. The second kappa shape index (κ2) is 5.82. The minimum atomic E-state index is 0.588. The van der Waals surface area contributed by atoms with Crippen molar-refractivity contribution in [3.05, 3.63) is 0 Å². The van der Waals surface area contributed by atoms with Gasteiger partial charge < -0.3 is 4.90 Å². The van der Waals surface area contributed by atoms with Crippen molar-refractivity contribution >= 4 is 6.72 Å². The van der Waals surface area contributed by atoms with Crippen LogP contribution in [0.1, 0.15) is 26.7 Å². The largest absolute Gasteiger partial charge is 0.301 e. The summed E-state index contributed by atoms with van der Waals surface area (Å²) >= 11 is 0. The van der Waals surface area contributed by atoms with Gasteiger partial charge in [-0.25, -0.2) is 0 Å². The molecule has 0 aromatic carbocycles. The maximum Gasteiger partial charge on any atom is 0.0990 e. The Morgan fingerprint density at radius 2 is 2.07 bits per heavy atom. The molecule has 0 spiro atoms. The Balaban J connectivity index is 2.29. The molecule has 2 nitrogen and oxygen atoms in total. The highest BCUT2D eigenvalue weighted by Crippen LogP contribution is 2.17. The van der Waals surface area contributed by atoms with Crippen LogP contribution in [0.5, 0.6) is 0 Å². The van der Waals surface area contributed by atoms with E-state index in [1.807, 2.05) is 0 Å². The van der Waals surface area contributed by atoms with Gasteiger partial charge >= 0.3 is 0 Å². The number of aliphatic imine (C=N–C) groups is 1. The molecule has 1 saturated heterocycles. The summed E-state index contributed by atoms with van der Waals surface area (Å²) < 4.78 is 0. The number of piperidine rings is 1. The van der Waals surface area contributed by atoms with Gasteiger partial charge in [-0.1, -0.05) is 11.8 Å². The first-order valence-corrected chi connectivity index (χ1v) is 5.39. The Hall–Kier alpha value is -0.810. The first-order chi connectivity index (χ1) is 6.74. The molecule has 78 valence electrons. The number of likely N-dealkylation sites (tertiary alicyclic amines) is 1. The van der Waals surface area contributed by atoms with Crippen molar-refractivity contribution in [3.63, 3.8) is 0 Å². The van der Waals surface area contributed by atoms with E-state index in [1.54, 1.807) is 0 Å². The summed E-state index contributed by atoms with van der Waals surface area (Å²) in [5.74, 6) is 6.91. The molecule has 0 N–H and O–H groups in total. The molecular formula is C12H20N2. The summed E-state index contributed by atoms with van der Waals surface area (Å²) in [7, 11) is 0. The highest BCUT2D eigenvalue weighted by molar-refractivity contribution is 5.25. The minimum absolute atomic E-state index is 0.588. The zero-order valence-corrected chi connectivity index (χ0v) is 9.29. The monoisotopic (exact) mass is 192 g/mol. The molecular weight excluding hydrogens is 172 g/mol. The zero-order chi connectivity index (χ0) is 10.4. The summed E-state index contributed by atoms with van der Waals surface area (Å²) in [6.45, 7) is 10.9. The van der Waals surface area contributed by atoms with Crippen LogP contribution in [0.15, 0.2) is 4.99 Å². The third kappa shape index (κ3) is 3.51. The summed E-state index contributed by atoms with van der Waals surface area (Å²) in [6.07, 6.45) is 2.42.